The molecule has 0 aliphatic rings. The Morgan fingerprint density at radius 2 is 1.56 bits per heavy atom. The zero-order valence-corrected chi connectivity index (χ0v) is 11.9. The van der Waals surface area contributed by atoms with Crippen molar-refractivity contribution in [2.45, 2.75) is 26.7 Å². The van der Waals surface area contributed by atoms with Crippen LogP contribution in [0.2, 0.25) is 0 Å². The summed E-state index contributed by atoms with van der Waals surface area (Å²) in [5.74, 6) is 2.24. The van der Waals surface area contributed by atoms with Gasteiger partial charge in [-0.2, -0.15) is 0 Å². The van der Waals surface area contributed by atoms with Crippen LogP contribution in [-0.4, -0.2) is 19.8 Å². The molecule has 0 saturated heterocycles. The molecule has 0 aromatic rings. The molecule has 0 aliphatic carbocycles. The molecular weight excluding hydrogens is 251 g/mol. The van der Waals surface area contributed by atoms with E-state index < -0.39 is 7.82 Å². The lowest BCUT2D eigenvalue weighted by Crippen LogP contribution is -2.02. The van der Waals surface area contributed by atoms with Gasteiger partial charge in [-0.05, 0) is 26.7 Å². The van der Waals surface area contributed by atoms with Gasteiger partial charge in [0.2, 0.25) is 0 Å². The first kappa shape index (κ1) is 17.2. The van der Waals surface area contributed by atoms with Crippen LogP contribution in [0.5, 0.6) is 0 Å². The highest BCUT2D eigenvalue weighted by atomic mass is 31.2. The van der Waals surface area contributed by atoms with Crippen molar-refractivity contribution in [2.24, 2.45) is 0 Å². The Morgan fingerprint density at radius 1 is 1.06 bits per heavy atom. The summed E-state index contributed by atoms with van der Waals surface area (Å²) in [6.07, 6.45) is 14.0. The summed E-state index contributed by atoms with van der Waals surface area (Å²) in [4.78, 5) is 0. The molecule has 0 bridgehead atoms. The van der Waals surface area contributed by atoms with Gasteiger partial charge in [0.15, 0.2) is 0 Å². The Balaban J connectivity index is 4.15. The normalized spacial score (nSPS) is 12.3. The number of rotatable bonds is 10. The van der Waals surface area contributed by atoms with E-state index >= 15 is 0 Å². The Bertz CT molecular complexity index is 319. The average Bonchev–Trinajstić information content (AvgIpc) is 2.38. The second-order valence-corrected chi connectivity index (χ2v) is 4.98. The molecule has 0 aromatic carbocycles. The fraction of sp³-hybridized carbons (Fsp3) is 0.538. The summed E-state index contributed by atoms with van der Waals surface area (Å²) in [5.41, 5.74) is 0. The summed E-state index contributed by atoms with van der Waals surface area (Å²) in [6.45, 7) is 4.26. The molecule has 102 valence electrons. The molecule has 0 N–H and O–H groups in total. The molecule has 18 heavy (non-hydrogen) atoms. The third-order valence-electron chi connectivity index (χ3n) is 1.85. The third-order valence-corrected chi connectivity index (χ3v) is 3.29. The topological polar surface area (TPSA) is 44.8 Å². The second kappa shape index (κ2) is 11.3. The fourth-order valence-corrected chi connectivity index (χ4v) is 2.14. The highest BCUT2D eigenvalue weighted by Gasteiger charge is 2.25. The lowest BCUT2D eigenvalue weighted by atomic mass is 10.4. The maximum absolute atomic E-state index is 12.1. The van der Waals surface area contributed by atoms with Gasteiger partial charge in [-0.15, -0.1) is 6.42 Å². The van der Waals surface area contributed by atoms with Crippen LogP contribution < -0.4 is 0 Å². The SMILES string of the molecule is C#CCOP(=O)(OCC/C=C/C)OCC/C=C/C. The maximum Gasteiger partial charge on any atom is 0.475 e. The van der Waals surface area contributed by atoms with E-state index in [9.17, 15) is 4.57 Å². The van der Waals surface area contributed by atoms with Gasteiger partial charge in [-0.3, -0.25) is 13.6 Å². The van der Waals surface area contributed by atoms with E-state index in [1.165, 1.54) is 0 Å². The third kappa shape index (κ3) is 9.21. The second-order valence-electron chi connectivity index (χ2n) is 3.31. The molecule has 0 unspecified atom stereocenters. The van der Waals surface area contributed by atoms with Crippen LogP contribution in [0.15, 0.2) is 24.3 Å². The van der Waals surface area contributed by atoms with Crippen LogP contribution in [0.4, 0.5) is 0 Å². The molecule has 0 amide bonds. The number of hydrogen-bond acceptors (Lipinski definition) is 4. The monoisotopic (exact) mass is 272 g/mol. The fourth-order valence-electron chi connectivity index (χ4n) is 1.03. The summed E-state index contributed by atoms with van der Waals surface area (Å²) >= 11 is 0. The van der Waals surface area contributed by atoms with Gasteiger partial charge in [0, 0.05) is 0 Å². The molecule has 0 atom stereocenters. The smallest absolute Gasteiger partial charge is 0.287 e. The number of terminal acetylenes is 1. The molecule has 4 nitrogen and oxygen atoms in total. The summed E-state index contributed by atoms with van der Waals surface area (Å²) in [5, 5.41) is 0. The standard InChI is InChI=1S/C13H21O4P/c1-4-7-9-12-16-18(14,15-11-6-3)17-13-10-8-5-2/h3-5,7-8H,9-13H2,1-2H3/b7-4+,8-5+. The van der Waals surface area contributed by atoms with E-state index in [0.717, 1.165) is 0 Å². The van der Waals surface area contributed by atoms with E-state index in [1.54, 1.807) is 0 Å². The van der Waals surface area contributed by atoms with Gasteiger partial charge in [0.25, 0.3) is 0 Å². The zero-order valence-electron chi connectivity index (χ0n) is 11.0. The van der Waals surface area contributed by atoms with Crippen molar-refractivity contribution in [2.75, 3.05) is 19.8 Å². The molecular formula is C13H21O4P. The highest BCUT2D eigenvalue weighted by Crippen LogP contribution is 2.49. The Labute approximate surface area is 110 Å². The van der Waals surface area contributed by atoms with E-state index in [2.05, 4.69) is 5.92 Å². The molecule has 0 spiro atoms. The minimum atomic E-state index is -3.53. The van der Waals surface area contributed by atoms with Crippen molar-refractivity contribution < 1.29 is 18.1 Å². The van der Waals surface area contributed by atoms with Crippen molar-refractivity contribution in [3.05, 3.63) is 24.3 Å². The van der Waals surface area contributed by atoms with Crippen LogP contribution in [0.3, 0.4) is 0 Å². The van der Waals surface area contributed by atoms with Gasteiger partial charge >= 0.3 is 7.82 Å². The van der Waals surface area contributed by atoms with Crippen LogP contribution in [0.25, 0.3) is 0 Å². The number of phosphoric acid groups is 1. The van der Waals surface area contributed by atoms with E-state index in [4.69, 9.17) is 20.0 Å². The van der Waals surface area contributed by atoms with E-state index in [1.807, 2.05) is 38.2 Å². The van der Waals surface area contributed by atoms with Crippen molar-refractivity contribution in [1.29, 1.82) is 0 Å². The minimum absolute atomic E-state index is 0.0927. The first-order chi connectivity index (χ1) is 8.68. The molecule has 0 aliphatic heterocycles. The molecule has 0 rings (SSSR count). The van der Waals surface area contributed by atoms with E-state index in [-0.39, 0.29) is 19.8 Å². The molecule has 0 saturated carbocycles. The Morgan fingerprint density at radius 3 is 1.94 bits per heavy atom. The first-order valence-electron chi connectivity index (χ1n) is 5.88. The van der Waals surface area contributed by atoms with Crippen LogP contribution in [0, 0.1) is 12.3 Å². The van der Waals surface area contributed by atoms with Crippen molar-refractivity contribution in [3.63, 3.8) is 0 Å². The molecule has 0 heterocycles. The largest absolute Gasteiger partial charge is 0.475 e. The quantitative estimate of drug-likeness (QED) is 0.263. The van der Waals surface area contributed by atoms with Gasteiger partial charge in [-0.1, -0.05) is 30.2 Å². The van der Waals surface area contributed by atoms with Crippen molar-refractivity contribution >= 4 is 7.82 Å². The van der Waals surface area contributed by atoms with Crippen LogP contribution in [-0.2, 0) is 18.1 Å². The molecule has 0 radical (unpaired) electrons. The lowest BCUT2D eigenvalue weighted by molar-refractivity contribution is 0.126. The molecule has 0 fully saturated rings. The summed E-state index contributed by atoms with van der Waals surface area (Å²) in [7, 11) is -3.53. The first-order valence-corrected chi connectivity index (χ1v) is 7.34. The Kier molecular flexibility index (Phi) is 10.7. The molecule has 5 heteroatoms. The van der Waals surface area contributed by atoms with Crippen LogP contribution >= 0.6 is 7.82 Å². The maximum atomic E-state index is 12.1. The van der Waals surface area contributed by atoms with Gasteiger partial charge in [-0.25, -0.2) is 4.57 Å². The number of allylic oxidation sites excluding steroid dienone is 2. The van der Waals surface area contributed by atoms with Crippen LogP contribution in [0.1, 0.15) is 26.7 Å². The molecule has 0 aromatic heterocycles. The van der Waals surface area contributed by atoms with Gasteiger partial charge in [0.1, 0.15) is 6.61 Å². The van der Waals surface area contributed by atoms with Gasteiger partial charge in [0.05, 0.1) is 13.2 Å². The Hall–Kier alpha value is -0.850. The highest BCUT2D eigenvalue weighted by molar-refractivity contribution is 7.48. The predicted octanol–water partition coefficient (Wildman–Crippen LogP) is 3.71. The van der Waals surface area contributed by atoms with Crippen molar-refractivity contribution in [3.8, 4) is 12.3 Å². The zero-order chi connectivity index (χ0) is 13.7. The lowest BCUT2D eigenvalue weighted by Gasteiger charge is -2.16. The number of phosphoric ester groups is 1. The van der Waals surface area contributed by atoms with E-state index in [0.29, 0.717) is 12.8 Å². The average molecular weight is 272 g/mol. The summed E-state index contributed by atoms with van der Waals surface area (Å²) < 4.78 is 27.4. The summed E-state index contributed by atoms with van der Waals surface area (Å²) in [6, 6.07) is 0. The minimum Gasteiger partial charge on any atom is -0.287 e. The predicted molar refractivity (Wildman–Crippen MR) is 73.2 cm³/mol. The number of hydrogen-bond donors (Lipinski definition) is 0. The van der Waals surface area contributed by atoms with Crippen molar-refractivity contribution in [1.82, 2.24) is 0 Å². The van der Waals surface area contributed by atoms with Gasteiger partial charge < -0.3 is 0 Å².